The van der Waals surface area contributed by atoms with Crippen molar-refractivity contribution in [1.29, 1.82) is 0 Å². The molecule has 1 saturated carbocycles. The number of pyridine rings is 1. The standard InChI is InChI=1S/C29H35N7O/c1-20-12-13-21(2)26-24(20)18-25(29(37)30-26)27(28-31-32-33-36(28)23-10-6-7-11-23)35-16-14-34(15-17-35)19-22-8-4-3-5-9-22/h3-5,8-9,12-13,18,23,27H,6-7,10-11,14-17,19H2,1-2H3,(H,30,37)/t27-/m1/s1. The quantitative estimate of drug-likeness (QED) is 0.431. The molecule has 0 bridgehead atoms. The van der Waals surface area contributed by atoms with Crippen LogP contribution in [0.4, 0.5) is 0 Å². The number of benzene rings is 2. The number of piperazine rings is 1. The number of rotatable bonds is 6. The van der Waals surface area contributed by atoms with Gasteiger partial charge < -0.3 is 4.98 Å². The van der Waals surface area contributed by atoms with E-state index < -0.39 is 0 Å². The van der Waals surface area contributed by atoms with Gasteiger partial charge in [0.15, 0.2) is 5.82 Å². The van der Waals surface area contributed by atoms with E-state index in [9.17, 15) is 4.79 Å². The molecule has 1 atom stereocenters. The first-order valence-corrected chi connectivity index (χ1v) is 13.5. The summed E-state index contributed by atoms with van der Waals surface area (Å²) in [5.74, 6) is 0.790. The summed E-state index contributed by atoms with van der Waals surface area (Å²) in [6.45, 7) is 8.64. The van der Waals surface area contributed by atoms with E-state index in [1.165, 1.54) is 18.4 Å². The largest absolute Gasteiger partial charge is 0.321 e. The third kappa shape index (κ3) is 4.71. The number of H-pyrrole nitrogens is 1. The Morgan fingerprint density at radius 1 is 0.973 bits per heavy atom. The lowest BCUT2D eigenvalue weighted by Gasteiger charge is -2.39. The lowest BCUT2D eigenvalue weighted by atomic mass is 9.99. The molecule has 8 nitrogen and oxygen atoms in total. The molecule has 3 heterocycles. The lowest BCUT2D eigenvalue weighted by molar-refractivity contribution is 0.0989. The second-order valence-electron chi connectivity index (χ2n) is 10.7. The Morgan fingerprint density at radius 2 is 1.70 bits per heavy atom. The summed E-state index contributed by atoms with van der Waals surface area (Å²) in [5, 5.41) is 14.2. The van der Waals surface area contributed by atoms with E-state index in [0.717, 1.165) is 79.0 Å². The van der Waals surface area contributed by atoms with Crippen molar-refractivity contribution in [3.8, 4) is 0 Å². The van der Waals surface area contributed by atoms with Gasteiger partial charge in [0, 0.05) is 43.7 Å². The highest BCUT2D eigenvalue weighted by Crippen LogP contribution is 2.34. The SMILES string of the molecule is Cc1ccc(C)c2[nH]c(=O)c([C@H](c3nnnn3C3CCCC3)N3CCN(Cc4ccccc4)CC3)cc12. The van der Waals surface area contributed by atoms with Gasteiger partial charge >= 0.3 is 0 Å². The first-order chi connectivity index (χ1) is 18.1. The minimum Gasteiger partial charge on any atom is -0.321 e. The maximum atomic E-state index is 13.6. The predicted octanol–water partition coefficient (Wildman–Crippen LogP) is 4.15. The number of hydrogen-bond acceptors (Lipinski definition) is 6. The maximum absolute atomic E-state index is 13.6. The third-order valence-electron chi connectivity index (χ3n) is 8.22. The van der Waals surface area contributed by atoms with Crippen molar-refractivity contribution in [3.05, 3.63) is 87.0 Å². The number of fused-ring (bicyclic) bond motifs is 1. The van der Waals surface area contributed by atoms with Gasteiger partial charge in [-0.3, -0.25) is 14.6 Å². The topological polar surface area (TPSA) is 82.9 Å². The van der Waals surface area contributed by atoms with E-state index in [1.807, 2.05) is 11.6 Å². The van der Waals surface area contributed by atoms with Gasteiger partial charge in [-0.15, -0.1) is 5.10 Å². The summed E-state index contributed by atoms with van der Waals surface area (Å²) in [5.41, 5.74) is 5.14. The fourth-order valence-electron chi connectivity index (χ4n) is 6.10. The van der Waals surface area contributed by atoms with Crippen LogP contribution in [0.15, 0.2) is 53.3 Å². The van der Waals surface area contributed by atoms with Gasteiger partial charge in [-0.05, 0) is 59.9 Å². The second-order valence-corrected chi connectivity index (χ2v) is 10.7. The summed E-state index contributed by atoms with van der Waals surface area (Å²) >= 11 is 0. The molecule has 37 heavy (non-hydrogen) atoms. The molecule has 0 unspecified atom stereocenters. The molecule has 6 rings (SSSR count). The number of nitrogens with one attached hydrogen (secondary N) is 1. The van der Waals surface area contributed by atoms with Crippen LogP contribution in [0, 0.1) is 13.8 Å². The van der Waals surface area contributed by atoms with Crippen LogP contribution < -0.4 is 5.56 Å². The molecule has 4 aromatic rings. The van der Waals surface area contributed by atoms with Gasteiger partial charge in [0.25, 0.3) is 5.56 Å². The normalized spacial score (nSPS) is 18.5. The molecule has 2 aromatic carbocycles. The van der Waals surface area contributed by atoms with Crippen molar-refractivity contribution in [2.24, 2.45) is 0 Å². The van der Waals surface area contributed by atoms with Crippen LogP contribution >= 0.6 is 0 Å². The van der Waals surface area contributed by atoms with E-state index in [-0.39, 0.29) is 11.6 Å². The van der Waals surface area contributed by atoms with Gasteiger partial charge in [0.1, 0.15) is 6.04 Å². The Morgan fingerprint density at radius 3 is 2.46 bits per heavy atom. The van der Waals surface area contributed by atoms with Crippen molar-refractivity contribution in [3.63, 3.8) is 0 Å². The van der Waals surface area contributed by atoms with E-state index in [0.29, 0.717) is 6.04 Å². The van der Waals surface area contributed by atoms with Crippen LogP contribution in [0.2, 0.25) is 0 Å². The Balaban J connectivity index is 1.37. The smallest absolute Gasteiger partial charge is 0.253 e. The zero-order valence-electron chi connectivity index (χ0n) is 21.7. The molecule has 0 spiro atoms. The molecule has 2 fully saturated rings. The Kier molecular flexibility index (Phi) is 6.61. The van der Waals surface area contributed by atoms with Crippen LogP contribution in [0.3, 0.4) is 0 Å². The highest BCUT2D eigenvalue weighted by Gasteiger charge is 2.34. The van der Waals surface area contributed by atoms with E-state index in [4.69, 9.17) is 0 Å². The average Bonchev–Trinajstić information content (AvgIpc) is 3.61. The van der Waals surface area contributed by atoms with Crippen LogP contribution in [-0.2, 0) is 6.54 Å². The minimum absolute atomic E-state index is 0.0566. The summed E-state index contributed by atoms with van der Waals surface area (Å²) in [6, 6.07) is 16.9. The molecule has 1 N–H and O–H groups in total. The Hall–Kier alpha value is -3.36. The third-order valence-corrected chi connectivity index (χ3v) is 8.22. The maximum Gasteiger partial charge on any atom is 0.253 e. The summed E-state index contributed by atoms with van der Waals surface area (Å²) in [4.78, 5) is 21.7. The zero-order chi connectivity index (χ0) is 25.4. The van der Waals surface area contributed by atoms with Gasteiger partial charge in [-0.1, -0.05) is 55.3 Å². The fourth-order valence-corrected chi connectivity index (χ4v) is 6.10. The van der Waals surface area contributed by atoms with E-state index in [1.54, 1.807) is 0 Å². The zero-order valence-corrected chi connectivity index (χ0v) is 21.7. The number of nitrogens with zero attached hydrogens (tertiary/aromatic N) is 6. The molecule has 1 aliphatic heterocycles. The molecule has 0 radical (unpaired) electrons. The summed E-state index contributed by atoms with van der Waals surface area (Å²) in [6.07, 6.45) is 4.56. The molecule has 192 valence electrons. The Labute approximate surface area is 217 Å². The first-order valence-electron chi connectivity index (χ1n) is 13.5. The summed E-state index contributed by atoms with van der Waals surface area (Å²) < 4.78 is 2.01. The van der Waals surface area contributed by atoms with Crippen LogP contribution in [0.5, 0.6) is 0 Å². The predicted molar refractivity (Wildman–Crippen MR) is 144 cm³/mol. The van der Waals surface area contributed by atoms with Crippen molar-refractivity contribution < 1.29 is 0 Å². The van der Waals surface area contributed by atoms with Gasteiger partial charge in [0.2, 0.25) is 0 Å². The molecular weight excluding hydrogens is 462 g/mol. The average molecular weight is 498 g/mol. The van der Waals surface area contributed by atoms with Crippen molar-refractivity contribution >= 4 is 10.9 Å². The van der Waals surface area contributed by atoms with Crippen LogP contribution in [0.25, 0.3) is 10.9 Å². The van der Waals surface area contributed by atoms with Crippen molar-refractivity contribution in [2.75, 3.05) is 26.2 Å². The number of aryl methyl sites for hydroxylation is 2. The van der Waals surface area contributed by atoms with E-state index in [2.05, 4.69) is 85.8 Å². The van der Waals surface area contributed by atoms with Crippen LogP contribution in [0.1, 0.15) is 65.8 Å². The van der Waals surface area contributed by atoms with Gasteiger partial charge in [-0.2, -0.15) is 0 Å². The first kappa shape index (κ1) is 24.0. The molecule has 0 amide bonds. The Bertz CT molecular complexity index is 1430. The molecule has 1 aliphatic carbocycles. The van der Waals surface area contributed by atoms with E-state index >= 15 is 0 Å². The van der Waals surface area contributed by atoms with Gasteiger partial charge in [0.05, 0.1) is 11.6 Å². The van der Waals surface area contributed by atoms with Gasteiger partial charge in [-0.25, -0.2) is 4.68 Å². The van der Waals surface area contributed by atoms with Crippen molar-refractivity contribution in [1.82, 2.24) is 35.0 Å². The minimum atomic E-state index is -0.289. The molecule has 1 saturated heterocycles. The molecule has 8 heteroatoms. The number of hydrogen-bond donors (Lipinski definition) is 1. The number of aromatic amines is 1. The highest BCUT2D eigenvalue weighted by molar-refractivity contribution is 5.85. The molecule has 2 aromatic heterocycles. The summed E-state index contributed by atoms with van der Waals surface area (Å²) in [7, 11) is 0. The fraction of sp³-hybridized carbons (Fsp3) is 0.448. The lowest BCUT2D eigenvalue weighted by Crippen LogP contribution is -2.48. The van der Waals surface area contributed by atoms with Crippen molar-refractivity contribution in [2.45, 2.75) is 58.2 Å². The molecule has 2 aliphatic rings. The molecular formula is C29H35N7O. The van der Waals surface area contributed by atoms with Crippen LogP contribution in [-0.4, -0.2) is 61.2 Å². The highest BCUT2D eigenvalue weighted by atomic mass is 16.1. The number of aromatic nitrogens is 5. The second kappa shape index (κ2) is 10.2. The monoisotopic (exact) mass is 497 g/mol. The number of tetrazole rings is 1.